The number of fused-ring (bicyclic) bond motifs is 1. The average molecular weight is 249 g/mol. The zero-order chi connectivity index (χ0) is 9.97. The van der Waals surface area contributed by atoms with Crippen LogP contribution in [0, 0.1) is 0 Å². The van der Waals surface area contributed by atoms with E-state index in [1.54, 1.807) is 0 Å². The molecule has 0 unspecified atom stereocenters. The van der Waals surface area contributed by atoms with Crippen molar-refractivity contribution >= 4 is 26.7 Å². The van der Waals surface area contributed by atoms with Gasteiger partial charge in [-0.15, -0.1) is 0 Å². The summed E-state index contributed by atoms with van der Waals surface area (Å²) >= 11 is 3.52. The minimum absolute atomic E-state index is 0.583. The molecule has 2 aromatic carbocycles. The molecule has 0 fully saturated rings. The van der Waals surface area contributed by atoms with E-state index < -0.39 is 0 Å². The maximum atomic E-state index is 3.52. The molecule has 0 aromatic heterocycles. The van der Waals surface area contributed by atoms with Crippen molar-refractivity contribution in [3.05, 3.63) is 48.0 Å². The maximum absolute atomic E-state index is 3.52. The van der Waals surface area contributed by atoms with Crippen LogP contribution in [0.2, 0.25) is 0 Å². The molecule has 0 amide bonds. The van der Waals surface area contributed by atoms with E-state index in [1.807, 2.05) is 0 Å². The molecule has 0 aliphatic carbocycles. The van der Waals surface area contributed by atoms with Crippen molar-refractivity contribution in [1.29, 1.82) is 0 Å². The minimum Gasteiger partial charge on any atom is -0.0922 e. The fourth-order valence-electron chi connectivity index (χ4n) is 1.60. The largest absolute Gasteiger partial charge is 0.0922 e. The molecule has 2 rings (SSSR count). The molecule has 0 nitrogen and oxygen atoms in total. The monoisotopic (exact) mass is 248 g/mol. The third kappa shape index (κ3) is 1.83. The Kier molecular flexibility index (Phi) is 2.87. The van der Waals surface area contributed by atoms with Crippen LogP contribution in [0.25, 0.3) is 10.8 Å². The van der Waals surface area contributed by atoms with E-state index in [0.29, 0.717) is 5.92 Å². The fraction of sp³-hybridized carbons (Fsp3) is 0.231. The lowest BCUT2D eigenvalue weighted by Gasteiger charge is -2.08. The highest BCUT2D eigenvalue weighted by Gasteiger charge is 2.03. The third-order valence-corrected chi connectivity index (χ3v) is 3.55. The van der Waals surface area contributed by atoms with Gasteiger partial charge in [-0.3, -0.25) is 0 Å². The molecule has 0 aliphatic heterocycles. The van der Waals surface area contributed by atoms with Gasteiger partial charge in [-0.25, -0.2) is 0 Å². The van der Waals surface area contributed by atoms with E-state index in [2.05, 4.69) is 65.3 Å². The highest BCUT2D eigenvalue weighted by molar-refractivity contribution is 9.09. The second-order valence-electron chi connectivity index (χ2n) is 3.66. The molecular weight excluding hydrogens is 236 g/mol. The van der Waals surface area contributed by atoms with Gasteiger partial charge in [-0.1, -0.05) is 65.3 Å². The Labute approximate surface area is 93.1 Å². The van der Waals surface area contributed by atoms with Crippen LogP contribution in [0.4, 0.5) is 0 Å². The van der Waals surface area contributed by atoms with Crippen molar-refractivity contribution in [3.63, 3.8) is 0 Å². The molecule has 0 N–H and O–H groups in total. The van der Waals surface area contributed by atoms with Crippen LogP contribution in [-0.4, -0.2) is 5.33 Å². The molecule has 0 aliphatic rings. The van der Waals surface area contributed by atoms with Gasteiger partial charge in [0.1, 0.15) is 0 Å². The number of alkyl halides is 1. The normalized spacial score (nSPS) is 13.0. The number of hydrogen-bond donors (Lipinski definition) is 0. The van der Waals surface area contributed by atoms with E-state index in [-0.39, 0.29) is 0 Å². The van der Waals surface area contributed by atoms with Crippen molar-refractivity contribution < 1.29 is 0 Å². The van der Waals surface area contributed by atoms with Gasteiger partial charge in [0.05, 0.1) is 0 Å². The predicted molar refractivity (Wildman–Crippen MR) is 66.2 cm³/mol. The van der Waals surface area contributed by atoms with E-state index in [9.17, 15) is 0 Å². The molecule has 1 heteroatoms. The first-order valence-corrected chi connectivity index (χ1v) is 5.98. The van der Waals surface area contributed by atoms with Crippen LogP contribution in [-0.2, 0) is 0 Å². The summed E-state index contributed by atoms with van der Waals surface area (Å²) in [5.74, 6) is 0.583. The summed E-state index contributed by atoms with van der Waals surface area (Å²) in [5, 5.41) is 3.67. The number of halogens is 1. The molecule has 0 heterocycles. The Hall–Kier alpha value is -0.820. The van der Waals surface area contributed by atoms with E-state index >= 15 is 0 Å². The smallest absolute Gasteiger partial charge is 0.00975 e. The molecule has 72 valence electrons. The molecule has 2 aromatic rings. The van der Waals surface area contributed by atoms with E-state index in [4.69, 9.17) is 0 Å². The van der Waals surface area contributed by atoms with Gasteiger partial charge in [0, 0.05) is 5.33 Å². The number of benzene rings is 2. The Morgan fingerprint density at radius 3 is 2.50 bits per heavy atom. The standard InChI is InChI=1S/C13H13Br/c1-10(9-14)12-7-6-11-4-2-3-5-13(11)8-12/h2-8,10H,9H2,1H3/t10-/m0/s1. The summed E-state index contributed by atoms with van der Waals surface area (Å²) in [4.78, 5) is 0. The first kappa shape index (κ1) is 9.72. The quantitative estimate of drug-likeness (QED) is 0.694. The second kappa shape index (κ2) is 4.14. The molecule has 0 radical (unpaired) electrons. The summed E-state index contributed by atoms with van der Waals surface area (Å²) < 4.78 is 0. The molecule has 0 bridgehead atoms. The number of hydrogen-bond acceptors (Lipinski definition) is 0. The minimum atomic E-state index is 0.583. The van der Waals surface area contributed by atoms with Crippen molar-refractivity contribution in [2.45, 2.75) is 12.8 Å². The molecule has 1 atom stereocenters. The summed E-state index contributed by atoms with van der Waals surface area (Å²) in [7, 11) is 0. The SMILES string of the molecule is C[C@@H](CBr)c1ccc2ccccc2c1. The van der Waals surface area contributed by atoms with Gasteiger partial charge in [-0.2, -0.15) is 0 Å². The topological polar surface area (TPSA) is 0 Å². The molecule has 0 saturated heterocycles. The maximum Gasteiger partial charge on any atom is 0.00975 e. The van der Waals surface area contributed by atoms with Crippen LogP contribution in [0.1, 0.15) is 18.4 Å². The van der Waals surface area contributed by atoms with Gasteiger partial charge in [0.2, 0.25) is 0 Å². The first-order chi connectivity index (χ1) is 6.81. The fourth-order valence-corrected chi connectivity index (χ4v) is 1.98. The average Bonchev–Trinajstić information content (AvgIpc) is 2.27. The van der Waals surface area contributed by atoms with Crippen LogP contribution in [0.5, 0.6) is 0 Å². The lowest BCUT2D eigenvalue weighted by Crippen LogP contribution is -1.93. The van der Waals surface area contributed by atoms with Gasteiger partial charge in [0.25, 0.3) is 0 Å². The highest BCUT2D eigenvalue weighted by Crippen LogP contribution is 2.22. The third-order valence-electron chi connectivity index (χ3n) is 2.57. The lowest BCUT2D eigenvalue weighted by molar-refractivity contribution is 0.890. The van der Waals surface area contributed by atoms with Crippen LogP contribution in [0.15, 0.2) is 42.5 Å². The highest BCUT2D eigenvalue weighted by atomic mass is 79.9. The first-order valence-electron chi connectivity index (χ1n) is 4.86. The summed E-state index contributed by atoms with van der Waals surface area (Å²) in [6, 6.07) is 15.2. The Morgan fingerprint density at radius 2 is 1.79 bits per heavy atom. The predicted octanol–water partition coefficient (Wildman–Crippen LogP) is 4.34. The lowest BCUT2D eigenvalue weighted by atomic mass is 9.99. The molecular formula is C13H13Br. The Balaban J connectivity index is 2.51. The van der Waals surface area contributed by atoms with Gasteiger partial charge < -0.3 is 0 Å². The van der Waals surface area contributed by atoms with Crippen LogP contribution in [0.3, 0.4) is 0 Å². The summed E-state index contributed by atoms with van der Waals surface area (Å²) in [6.07, 6.45) is 0. The molecule has 14 heavy (non-hydrogen) atoms. The molecule has 0 spiro atoms. The van der Waals surface area contributed by atoms with Crippen LogP contribution >= 0.6 is 15.9 Å². The van der Waals surface area contributed by atoms with Crippen molar-refractivity contribution in [2.24, 2.45) is 0 Å². The number of rotatable bonds is 2. The van der Waals surface area contributed by atoms with Crippen molar-refractivity contribution in [2.75, 3.05) is 5.33 Å². The Bertz CT molecular complexity index is 434. The molecule has 0 saturated carbocycles. The van der Waals surface area contributed by atoms with Gasteiger partial charge in [0.15, 0.2) is 0 Å². The van der Waals surface area contributed by atoms with Gasteiger partial charge >= 0.3 is 0 Å². The van der Waals surface area contributed by atoms with E-state index in [1.165, 1.54) is 16.3 Å². The van der Waals surface area contributed by atoms with Crippen molar-refractivity contribution in [1.82, 2.24) is 0 Å². The summed E-state index contributed by atoms with van der Waals surface area (Å²) in [6.45, 7) is 2.23. The zero-order valence-electron chi connectivity index (χ0n) is 8.20. The van der Waals surface area contributed by atoms with E-state index in [0.717, 1.165) is 5.33 Å². The van der Waals surface area contributed by atoms with Crippen LogP contribution < -0.4 is 0 Å². The second-order valence-corrected chi connectivity index (χ2v) is 4.31. The summed E-state index contributed by atoms with van der Waals surface area (Å²) in [5.41, 5.74) is 1.40. The zero-order valence-corrected chi connectivity index (χ0v) is 9.79. The van der Waals surface area contributed by atoms with Gasteiger partial charge in [-0.05, 0) is 22.3 Å². The Morgan fingerprint density at radius 1 is 1.07 bits per heavy atom. The van der Waals surface area contributed by atoms with Crippen molar-refractivity contribution in [3.8, 4) is 0 Å².